The summed E-state index contributed by atoms with van der Waals surface area (Å²) in [7, 11) is 0. The number of carbonyl (C=O) groups excluding carboxylic acids is 1. The van der Waals surface area contributed by atoms with Gasteiger partial charge in [-0.05, 0) is 24.8 Å². The normalized spacial score (nSPS) is 18.4. The first-order chi connectivity index (χ1) is 11.5. The van der Waals surface area contributed by atoms with Crippen LogP contribution in [0.25, 0.3) is 0 Å². The number of aromatic nitrogens is 3. The average molecular weight is 347 g/mol. The van der Waals surface area contributed by atoms with Gasteiger partial charge in [-0.1, -0.05) is 19.9 Å². The van der Waals surface area contributed by atoms with E-state index < -0.39 is 0 Å². The van der Waals surface area contributed by atoms with Crippen molar-refractivity contribution in [1.29, 1.82) is 0 Å². The Labute approximate surface area is 146 Å². The lowest BCUT2D eigenvalue weighted by atomic mass is 10.0. The molecule has 24 heavy (non-hydrogen) atoms. The number of aryl methyl sites for hydroxylation is 1. The summed E-state index contributed by atoms with van der Waals surface area (Å²) >= 11 is 1.66. The van der Waals surface area contributed by atoms with E-state index in [2.05, 4.69) is 39.2 Å². The van der Waals surface area contributed by atoms with Crippen LogP contribution in [-0.2, 0) is 24.3 Å². The lowest BCUT2D eigenvalue weighted by Gasteiger charge is -2.28. The topological polar surface area (TPSA) is 71.8 Å². The van der Waals surface area contributed by atoms with Gasteiger partial charge in [-0.25, -0.2) is 0 Å². The lowest BCUT2D eigenvalue weighted by Crippen LogP contribution is -2.49. The fourth-order valence-electron chi connectivity index (χ4n) is 3.08. The molecule has 2 N–H and O–H groups in total. The van der Waals surface area contributed by atoms with Crippen molar-refractivity contribution < 1.29 is 4.79 Å². The van der Waals surface area contributed by atoms with E-state index in [4.69, 9.17) is 0 Å². The molecule has 1 aliphatic rings. The van der Waals surface area contributed by atoms with Crippen molar-refractivity contribution in [2.24, 2.45) is 0 Å². The van der Waals surface area contributed by atoms with Crippen LogP contribution in [0.3, 0.4) is 0 Å². The van der Waals surface area contributed by atoms with E-state index in [1.54, 1.807) is 11.3 Å². The zero-order valence-corrected chi connectivity index (χ0v) is 15.3. The van der Waals surface area contributed by atoms with Gasteiger partial charge in [0.15, 0.2) is 0 Å². The second-order valence-electron chi connectivity index (χ2n) is 6.66. The van der Waals surface area contributed by atoms with Crippen LogP contribution in [0.2, 0.25) is 0 Å². The first-order valence-electron chi connectivity index (χ1n) is 8.52. The van der Waals surface area contributed by atoms with Crippen molar-refractivity contribution in [2.75, 3.05) is 0 Å². The fraction of sp³-hybridized carbons (Fsp3) is 0.588. The fourth-order valence-corrected chi connectivity index (χ4v) is 3.73. The van der Waals surface area contributed by atoms with Gasteiger partial charge in [0, 0.05) is 29.8 Å². The number of hydrogen-bond acceptors (Lipinski definition) is 5. The van der Waals surface area contributed by atoms with Crippen LogP contribution in [0, 0.1) is 0 Å². The summed E-state index contributed by atoms with van der Waals surface area (Å²) in [5.74, 6) is 2.50. The average Bonchev–Trinajstić information content (AvgIpc) is 3.21. The minimum Gasteiger partial charge on any atom is -0.350 e. The number of amides is 1. The van der Waals surface area contributed by atoms with Crippen LogP contribution < -0.4 is 10.6 Å². The smallest absolute Gasteiger partial charge is 0.237 e. The minimum absolute atomic E-state index is 0.0436. The van der Waals surface area contributed by atoms with Crippen molar-refractivity contribution in [3.63, 3.8) is 0 Å². The zero-order chi connectivity index (χ0) is 17.1. The highest BCUT2D eigenvalue weighted by atomic mass is 32.1. The molecule has 7 heteroatoms. The van der Waals surface area contributed by atoms with Gasteiger partial charge in [-0.3, -0.25) is 4.79 Å². The standard InChI is InChI=1S/C17H25N5OS/c1-11(2)16-21-20-15-7-6-13(10-22(15)16)19-12(3)17(23)18-9-14-5-4-8-24-14/h4-5,8,11-13,19H,6-7,9-10H2,1-3H3,(H,18,23). The van der Waals surface area contributed by atoms with Crippen molar-refractivity contribution in [2.45, 2.75) is 64.7 Å². The maximum absolute atomic E-state index is 12.3. The highest BCUT2D eigenvalue weighted by Crippen LogP contribution is 2.20. The number of rotatable bonds is 6. The molecule has 0 saturated heterocycles. The lowest BCUT2D eigenvalue weighted by molar-refractivity contribution is -0.123. The molecule has 2 unspecified atom stereocenters. The van der Waals surface area contributed by atoms with E-state index in [-0.39, 0.29) is 18.0 Å². The maximum atomic E-state index is 12.3. The van der Waals surface area contributed by atoms with Crippen LogP contribution in [0.15, 0.2) is 17.5 Å². The van der Waals surface area contributed by atoms with Gasteiger partial charge in [0.1, 0.15) is 11.6 Å². The molecule has 130 valence electrons. The Kier molecular flexibility index (Phi) is 5.30. The molecule has 2 aromatic heterocycles. The Bertz CT molecular complexity index is 679. The van der Waals surface area contributed by atoms with E-state index in [1.807, 2.05) is 24.4 Å². The largest absolute Gasteiger partial charge is 0.350 e. The summed E-state index contributed by atoms with van der Waals surface area (Å²) in [6.45, 7) is 7.62. The number of hydrogen-bond donors (Lipinski definition) is 2. The van der Waals surface area contributed by atoms with Crippen molar-refractivity contribution in [1.82, 2.24) is 25.4 Å². The van der Waals surface area contributed by atoms with Gasteiger partial charge in [-0.2, -0.15) is 0 Å². The van der Waals surface area contributed by atoms with E-state index >= 15 is 0 Å². The summed E-state index contributed by atoms with van der Waals surface area (Å²) < 4.78 is 2.21. The highest BCUT2D eigenvalue weighted by Gasteiger charge is 2.26. The molecule has 0 radical (unpaired) electrons. The van der Waals surface area contributed by atoms with Crippen LogP contribution in [0.4, 0.5) is 0 Å². The summed E-state index contributed by atoms with van der Waals surface area (Å²) in [4.78, 5) is 13.5. The Balaban J connectivity index is 1.54. The SMILES string of the molecule is CC(NC1CCc2nnc(C(C)C)n2C1)C(=O)NCc1cccs1. The predicted octanol–water partition coefficient (Wildman–Crippen LogP) is 2.07. The summed E-state index contributed by atoms with van der Waals surface area (Å²) in [6.07, 6.45) is 1.89. The van der Waals surface area contributed by atoms with Crippen molar-refractivity contribution in [3.05, 3.63) is 34.0 Å². The second-order valence-corrected chi connectivity index (χ2v) is 7.69. The van der Waals surface area contributed by atoms with Crippen molar-refractivity contribution >= 4 is 17.2 Å². The number of fused-ring (bicyclic) bond motifs is 1. The zero-order valence-electron chi connectivity index (χ0n) is 14.5. The number of nitrogens with zero attached hydrogens (tertiary/aromatic N) is 3. The molecular formula is C17H25N5OS. The monoisotopic (exact) mass is 347 g/mol. The van der Waals surface area contributed by atoms with Gasteiger partial charge in [0.25, 0.3) is 0 Å². The number of carbonyl (C=O) groups is 1. The Morgan fingerprint density at radius 1 is 1.42 bits per heavy atom. The molecule has 2 aromatic rings. The summed E-state index contributed by atoms with van der Waals surface area (Å²) in [5, 5.41) is 17.1. The third kappa shape index (κ3) is 3.84. The van der Waals surface area contributed by atoms with Crippen molar-refractivity contribution in [3.8, 4) is 0 Å². The molecule has 6 nitrogen and oxygen atoms in total. The first kappa shape index (κ1) is 17.1. The molecule has 0 aromatic carbocycles. The van der Waals surface area contributed by atoms with Gasteiger partial charge in [0.05, 0.1) is 12.6 Å². The third-order valence-electron chi connectivity index (χ3n) is 4.39. The molecular weight excluding hydrogens is 322 g/mol. The summed E-state index contributed by atoms with van der Waals surface area (Å²) in [5.41, 5.74) is 0. The molecule has 0 fully saturated rings. The van der Waals surface area contributed by atoms with Gasteiger partial charge < -0.3 is 15.2 Å². The molecule has 3 rings (SSSR count). The quantitative estimate of drug-likeness (QED) is 0.839. The van der Waals surface area contributed by atoms with Crippen LogP contribution in [0.1, 0.15) is 49.6 Å². The van der Waals surface area contributed by atoms with Crippen LogP contribution >= 0.6 is 11.3 Å². The molecule has 0 saturated carbocycles. The third-order valence-corrected chi connectivity index (χ3v) is 5.26. The molecule has 0 spiro atoms. The molecule has 1 amide bonds. The number of thiophene rings is 1. The summed E-state index contributed by atoms with van der Waals surface area (Å²) in [6, 6.07) is 4.09. The molecule has 3 heterocycles. The van der Waals surface area contributed by atoms with Gasteiger partial charge in [0.2, 0.25) is 5.91 Å². The van der Waals surface area contributed by atoms with Crippen LogP contribution in [-0.4, -0.2) is 32.8 Å². The number of nitrogens with one attached hydrogen (secondary N) is 2. The van der Waals surface area contributed by atoms with Crippen LogP contribution in [0.5, 0.6) is 0 Å². The second kappa shape index (κ2) is 7.44. The minimum atomic E-state index is -0.213. The highest BCUT2D eigenvalue weighted by molar-refractivity contribution is 7.09. The predicted molar refractivity (Wildman–Crippen MR) is 95.0 cm³/mol. The van der Waals surface area contributed by atoms with E-state index in [9.17, 15) is 4.79 Å². The van der Waals surface area contributed by atoms with Gasteiger partial charge in [-0.15, -0.1) is 21.5 Å². The van der Waals surface area contributed by atoms with E-state index in [0.29, 0.717) is 12.5 Å². The Hall–Kier alpha value is -1.73. The van der Waals surface area contributed by atoms with E-state index in [1.165, 1.54) is 4.88 Å². The van der Waals surface area contributed by atoms with Gasteiger partial charge >= 0.3 is 0 Å². The first-order valence-corrected chi connectivity index (χ1v) is 9.40. The molecule has 1 aliphatic heterocycles. The Morgan fingerprint density at radius 2 is 2.25 bits per heavy atom. The molecule has 0 bridgehead atoms. The maximum Gasteiger partial charge on any atom is 0.237 e. The molecule has 0 aliphatic carbocycles. The Morgan fingerprint density at radius 3 is 2.96 bits per heavy atom. The molecule has 2 atom stereocenters. The van der Waals surface area contributed by atoms with E-state index in [0.717, 1.165) is 31.0 Å².